The molecule has 1 N–H and O–H groups in total. The molecule has 1 aliphatic heterocycles. The quantitative estimate of drug-likeness (QED) is 0.869. The molecule has 2 rings (SSSR count). The maximum atomic E-state index is 4.61. The van der Waals surface area contributed by atoms with E-state index in [9.17, 15) is 0 Å². The second-order valence-electron chi connectivity index (χ2n) is 6.60. The topological polar surface area (TPSA) is 31.4 Å². The molecule has 2 heterocycles. The van der Waals surface area contributed by atoms with Gasteiger partial charge in [-0.1, -0.05) is 19.9 Å². The lowest BCUT2D eigenvalue weighted by atomic mass is 10.2. The SMILES string of the molecule is CC(C)NCc1ccc(CN2CCN(C(C)C)CC2)nc1. The molecule has 1 aromatic heterocycles. The second-order valence-corrected chi connectivity index (χ2v) is 6.60. The van der Waals surface area contributed by atoms with Gasteiger partial charge in [-0.3, -0.25) is 14.8 Å². The first kappa shape index (κ1) is 16.4. The fourth-order valence-electron chi connectivity index (χ4n) is 2.64. The van der Waals surface area contributed by atoms with E-state index in [0.717, 1.165) is 26.2 Å². The van der Waals surface area contributed by atoms with Crippen LogP contribution >= 0.6 is 0 Å². The van der Waals surface area contributed by atoms with Crippen molar-refractivity contribution in [1.82, 2.24) is 20.1 Å². The molecule has 0 amide bonds. The average molecular weight is 290 g/mol. The highest BCUT2D eigenvalue weighted by Gasteiger charge is 2.18. The Kier molecular flexibility index (Phi) is 6.15. The highest BCUT2D eigenvalue weighted by Crippen LogP contribution is 2.09. The van der Waals surface area contributed by atoms with E-state index >= 15 is 0 Å². The first-order valence-electron chi connectivity index (χ1n) is 8.18. The number of nitrogens with one attached hydrogen (secondary N) is 1. The van der Waals surface area contributed by atoms with Crippen LogP contribution in [0.4, 0.5) is 0 Å². The summed E-state index contributed by atoms with van der Waals surface area (Å²) in [5, 5.41) is 3.42. The molecule has 0 bridgehead atoms. The Labute approximate surface area is 129 Å². The molecular formula is C17H30N4. The summed E-state index contributed by atoms with van der Waals surface area (Å²) in [6.45, 7) is 15.4. The van der Waals surface area contributed by atoms with Gasteiger partial charge < -0.3 is 5.32 Å². The van der Waals surface area contributed by atoms with Crippen LogP contribution in [0.1, 0.15) is 39.0 Å². The van der Waals surface area contributed by atoms with Gasteiger partial charge in [-0.25, -0.2) is 0 Å². The summed E-state index contributed by atoms with van der Waals surface area (Å²) in [4.78, 5) is 9.66. The van der Waals surface area contributed by atoms with Crippen molar-refractivity contribution >= 4 is 0 Å². The van der Waals surface area contributed by atoms with E-state index in [1.54, 1.807) is 0 Å². The smallest absolute Gasteiger partial charge is 0.0544 e. The summed E-state index contributed by atoms with van der Waals surface area (Å²) in [7, 11) is 0. The fraction of sp³-hybridized carbons (Fsp3) is 0.706. The Morgan fingerprint density at radius 1 is 1.10 bits per heavy atom. The third-order valence-corrected chi connectivity index (χ3v) is 4.12. The molecule has 0 atom stereocenters. The summed E-state index contributed by atoms with van der Waals surface area (Å²) in [5.41, 5.74) is 2.44. The predicted octanol–water partition coefficient (Wildman–Crippen LogP) is 2.11. The van der Waals surface area contributed by atoms with Gasteiger partial charge in [0.05, 0.1) is 5.69 Å². The normalized spacial score (nSPS) is 17.8. The molecule has 1 fully saturated rings. The van der Waals surface area contributed by atoms with Crippen LogP contribution in [0.15, 0.2) is 18.3 Å². The molecule has 0 spiro atoms. The molecule has 4 heteroatoms. The van der Waals surface area contributed by atoms with Gasteiger partial charge in [-0.2, -0.15) is 0 Å². The summed E-state index contributed by atoms with van der Waals surface area (Å²) in [6.07, 6.45) is 2.01. The van der Waals surface area contributed by atoms with Gasteiger partial charge >= 0.3 is 0 Å². The predicted molar refractivity (Wildman–Crippen MR) is 88.2 cm³/mol. The Hall–Kier alpha value is -0.970. The Morgan fingerprint density at radius 3 is 2.33 bits per heavy atom. The van der Waals surface area contributed by atoms with Crippen LogP contribution in [0.25, 0.3) is 0 Å². The summed E-state index contributed by atoms with van der Waals surface area (Å²) >= 11 is 0. The molecule has 0 aliphatic carbocycles. The molecule has 1 saturated heterocycles. The first-order valence-corrected chi connectivity index (χ1v) is 8.18. The minimum Gasteiger partial charge on any atom is -0.310 e. The number of hydrogen-bond acceptors (Lipinski definition) is 4. The van der Waals surface area contributed by atoms with Crippen molar-refractivity contribution in [2.24, 2.45) is 0 Å². The lowest BCUT2D eigenvalue weighted by Crippen LogP contribution is -2.48. The van der Waals surface area contributed by atoms with E-state index in [-0.39, 0.29) is 0 Å². The first-order chi connectivity index (χ1) is 10.0. The van der Waals surface area contributed by atoms with E-state index in [0.29, 0.717) is 12.1 Å². The maximum absolute atomic E-state index is 4.61. The third kappa shape index (κ3) is 5.38. The van der Waals surface area contributed by atoms with Gasteiger partial charge in [0.1, 0.15) is 0 Å². The van der Waals surface area contributed by atoms with Crippen LogP contribution in [0.2, 0.25) is 0 Å². The number of pyridine rings is 1. The van der Waals surface area contributed by atoms with Crippen LogP contribution in [-0.2, 0) is 13.1 Å². The molecule has 0 aromatic carbocycles. The highest BCUT2D eigenvalue weighted by atomic mass is 15.3. The minimum atomic E-state index is 0.516. The lowest BCUT2D eigenvalue weighted by molar-refractivity contribution is 0.103. The average Bonchev–Trinajstić information content (AvgIpc) is 2.47. The molecule has 21 heavy (non-hydrogen) atoms. The Bertz CT molecular complexity index is 405. The number of nitrogens with zero attached hydrogens (tertiary/aromatic N) is 3. The lowest BCUT2D eigenvalue weighted by Gasteiger charge is -2.36. The van der Waals surface area contributed by atoms with Crippen molar-refractivity contribution in [2.75, 3.05) is 26.2 Å². The minimum absolute atomic E-state index is 0.516. The van der Waals surface area contributed by atoms with Crippen LogP contribution in [0.5, 0.6) is 0 Å². The fourth-order valence-corrected chi connectivity index (χ4v) is 2.64. The van der Waals surface area contributed by atoms with Crippen molar-refractivity contribution in [1.29, 1.82) is 0 Å². The standard InChI is InChI=1S/C17H30N4/c1-14(2)18-11-16-5-6-17(19-12-16)13-20-7-9-21(10-8-20)15(3)4/h5-6,12,14-15,18H,7-11,13H2,1-4H3. The van der Waals surface area contributed by atoms with Gasteiger partial charge in [0.15, 0.2) is 0 Å². The van der Waals surface area contributed by atoms with Gasteiger partial charge in [-0.15, -0.1) is 0 Å². The molecular weight excluding hydrogens is 260 g/mol. The molecule has 0 saturated carbocycles. The van der Waals surface area contributed by atoms with E-state index in [1.807, 2.05) is 6.20 Å². The van der Waals surface area contributed by atoms with E-state index in [4.69, 9.17) is 0 Å². The molecule has 4 nitrogen and oxygen atoms in total. The zero-order chi connectivity index (χ0) is 15.2. The maximum Gasteiger partial charge on any atom is 0.0544 e. The summed E-state index contributed by atoms with van der Waals surface area (Å²) in [6, 6.07) is 5.55. The number of aromatic nitrogens is 1. The van der Waals surface area contributed by atoms with E-state index < -0.39 is 0 Å². The van der Waals surface area contributed by atoms with Crippen LogP contribution in [0, 0.1) is 0 Å². The van der Waals surface area contributed by atoms with Gasteiger partial charge in [-0.05, 0) is 25.5 Å². The van der Waals surface area contributed by atoms with Crippen molar-refractivity contribution in [3.63, 3.8) is 0 Å². The zero-order valence-electron chi connectivity index (χ0n) is 14.0. The second kappa shape index (κ2) is 7.87. The zero-order valence-corrected chi connectivity index (χ0v) is 14.0. The third-order valence-electron chi connectivity index (χ3n) is 4.12. The largest absolute Gasteiger partial charge is 0.310 e. The van der Waals surface area contributed by atoms with Gasteiger partial charge in [0.2, 0.25) is 0 Å². The number of piperazine rings is 1. The summed E-state index contributed by atoms with van der Waals surface area (Å²) < 4.78 is 0. The molecule has 1 aromatic rings. The van der Waals surface area contributed by atoms with E-state index in [2.05, 4.69) is 59.9 Å². The highest BCUT2D eigenvalue weighted by molar-refractivity contribution is 5.14. The Morgan fingerprint density at radius 2 is 1.81 bits per heavy atom. The Balaban J connectivity index is 1.78. The van der Waals surface area contributed by atoms with Crippen LogP contribution < -0.4 is 5.32 Å². The van der Waals surface area contributed by atoms with Gasteiger partial charge in [0.25, 0.3) is 0 Å². The molecule has 118 valence electrons. The number of hydrogen-bond donors (Lipinski definition) is 1. The van der Waals surface area contributed by atoms with Gasteiger partial charge in [0, 0.05) is 57.5 Å². The molecule has 1 aliphatic rings. The summed E-state index contributed by atoms with van der Waals surface area (Å²) in [5.74, 6) is 0. The van der Waals surface area contributed by atoms with Crippen LogP contribution in [-0.4, -0.2) is 53.0 Å². The monoisotopic (exact) mass is 290 g/mol. The van der Waals surface area contributed by atoms with E-state index in [1.165, 1.54) is 24.3 Å². The van der Waals surface area contributed by atoms with Crippen molar-refractivity contribution in [3.05, 3.63) is 29.6 Å². The van der Waals surface area contributed by atoms with Crippen molar-refractivity contribution in [2.45, 2.75) is 52.9 Å². The van der Waals surface area contributed by atoms with Crippen molar-refractivity contribution < 1.29 is 0 Å². The van der Waals surface area contributed by atoms with Crippen molar-refractivity contribution in [3.8, 4) is 0 Å². The molecule has 0 unspecified atom stereocenters. The molecule has 0 radical (unpaired) electrons. The number of rotatable bonds is 6. The van der Waals surface area contributed by atoms with Crippen LogP contribution in [0.3, 0.4) is 0 Å².